The molecule has 9 unspecified atom stereocenters. The van der Waals surface area contributed by atoms with Gasteiger partial charge in [-0.15, -0.1) is 0 Å². The smallest absolute Gasteiger partial charge is 0.0699 e. The van der Waals surface area contributed by atoms with Crippen LogP contribution >= 0.6 is 0 Å². The van der Waals surface area contributed by atoms with Gasteiger partial charge in [-0.2, -0.15) is 0 Å². The summed E-state index contributed by atoms with van der Waals surface area (Å²) in [7, 11) is 6.22. The fourth-order valence-corrected chi connectivity index (χ4v) is 6.94. The Bertz CT molecular complexity index is 387. The van der Waals surface area contributed by atoms with E-state index in [1.165, 1.54) is 25.7 Å². The Balaban J connectivity index is 1.53. The van der Waals surface area contributed by atoms with Crippen molar-refractivity contribution in [3.05, 3.63) is 12.2 Å². The highest BCUT2D eigenvalue weighted by Crippen LogP contribution is 2.71. The van der Waals surface area contributed by atoms with Crippen molar-refractivity contribution in [2.75, 3.05) is 0 Å². The summed E-state index contributed by atoms with van der Waals surface area (Å²) in [6, 6.07) is 0. The highest BCUT2D eigenvalue weighted by molar-refractivity contribution is 6.11. The van der Waals surface area contributed by atoms with Gasteiger partial charge in [0.25, 0.3) is 0 Å². The first-order chi connectivity index (χ1) is 8.33. The molecule has 4 fully saturated rings. The maximum absolute atomic E-state index is 6.22. The molecule has 0 N–H and O–H groups in total. The molecule has 0 aliphatic heterocycles. The molecule has 1 heteroatoms. The van der Waals surface area contributed by atoms with Crippen molar-refractivity contribution >= 4 is 7.85 Å². The Morgan fingerprint density at radius 1 is 0.706 bits per heavy atom. The minimum absolute atomic E-state index is 0.531. The van der Waals surface area contributed by atoms with Gasteiger partial charge in [-0.25, -0.2) is 0 Å². The first-order valence-corrected chi connectivity index (χ1v) is 7.77. The van der Waals surface area contributed by atoms with Crippen LogP contribution in [0.5, 0.6) is 0 Å². The summed E-state index contributed by atoms with van der Waals surface area (Å²) in [5.74, 6) is 8.95. The van der Waals surface area contributed by atoms with E-state index in [4.69, 9.17) is 7.85 Å². The van der Waals surface area contributed by atoms with E-state index in [1.54, 1.807) is 6.42 Å². The molecule has 0 amide bonds. The monoisotopic (exact) mass is 224 g/mol. The van der Waals surface area contributed by atoms with Gasteiger partial charge in [0.15, 0.2) is 0 Å². The molecule has 0 nitrogen and oxygen atoms in total. The van der Waals surface area contributed by atoms with Gasteiger partial charge in [-0.05, 0) is 60.2 Å². The zero-order valence-corrected chi connectivity index (χ0v) is 10.5. The minimum Gasteiger partial charge on any atom is -0.0848 e. The van der Waals surface area contributed by atoms with E-state index in [2.05, 4.69) is 12.2 Å². The van der Waals surface area contributed by atoms with Crippen molar-refractivity contribution in [2.24, 2.45) is 47.3 Å². The van der Waals surface area contributed by atoms with Gasteiger partial charge < -0.3 is 0 Å². The largest absolute Gasteiger partial charge is 0.0848 e. The zero-order valence-electron chi connectivity index (χ0n) is 10.5. The van der Waals surface area contributed by atoms with E-state index in [0.29, 0.717) is 5.82 Å². The van der Waals surface area contributed by atoms with Crippen LogP contribution in [0.1, 0.15) is 32.1 Å². The molecular weight excluding hydrogens is 203 g/mol. The van der Waals surface area contributed by atoms with E-state index in [-0.39, 0.29) is 0 Å². The average molecular weight is 224 g/mol. The number of hydrogen-bond acceptors (Lipinski definition) is 0. The normalized spacial score (nSPS) is 66.2. The van der Waals surface area contributed by atoms with Gasteiger partial charge in [-0.3, -0.25) is 0 Å². The highest BCUT2D eigenvalue weighted by atomic mass is 14.7. The molecule has 4 bridgehead atoms. The van der Waals surface area contributed by atoms with Crippen molar-refractivity contribution in [2.45, 2.75) is 37.9 Å². The van der Waals surface area contributed by atoms with Crippen LogP contribution in [-0.4, -0.2) is 7.85 Å². The lowest BCUT2D eigenvalue weighted by atomic mass is 9.57. The quantitative estimate of drug-likeness (QED) is 0.336. The molecule has 17 heavy (non-hydrogen) atoms. The van der Waals surface area contributed by atoms with Crippen LogP contribution in [-0.2, 0) is 0 Å². The third-order valence-electron chi connectivity index (χ3n) is 7.21. The van der Waals surface area contributed by atoms with Crippen LogP contribution in [0.15, 0.2) is 12.2 Å². The summed E-state index contributed by atoms with van der Waals surface area (Å²) in [6.45, 7) is 0. The van der Waals surface area contributed by atoms with E-state index >= 15 is 0 Å². The molecule has 0 aromatic carbocycles. The third-order valence-corrected chi connectivity index (χ3v) is 7.21. The van der Waals surface area contributed by atoms with E-state index in [1.807, 2.05) is 0 Å². The van der Waals surface area contributed by atoms with Crippen LogP contribution in [0.25, 0.3) is 0 Å². The molecule has 5 rings (SSSR count). The third kappa shape index (κ3) is 1.04. The topological polar surface area (TPSA) is 0 Å². The summed E-state index contributed by atoms with van der Waals surface area (Å²) in [5.41, 5.74) is 0. The lowest BCUT2D eigenvalue weighted by molar-refractivity contribution is 0.0583. The summed E-state index contributed by atoms with van der Waals surface area (Å²) < 4.78 is 0. The molecule has 88 valence electrons. The Labute approximate surface area is 106 Å². The zero-order chi connectivity index (χ0) is 11.1. The SMILES string of the molecule is [B]C1CCC2C(C1)C1CC2C2C3C=CC(C3)C12. The Kier molecular flexibility index (Phi) is 1.73. The van der Waals surface area contributed by atoms with Crippen LogP contribution in [0.3, 0.4) is 0 Å². The van der Waals surface area contributed by atoms with Gasteiger partial charge >= 0.3 is 0 Å². The molecule has 2 radical (unpaired) electrons. The van der Waals surface area contributed by atoms with Gasteiger partial charge in [0.2, 0.25) is 0 Å². The van der Waals surface area contributed by atoms with Crippen molar-refractivity contribution in [3.8, 4) is 0 Å². The Morgan fingerprint density at radius 3 is 2.18 bits per heavy atom. The fraction of sp³-hybridized carbons (Fsp3) is 0.875. The lowest BCUT2D eigenvalue weighted by Gasteiger charge is -2.45. The predicted octanol–water partition coefficient (Wildman–Crippen LogP) is 3.45. The molecule has 0 aromatic rings. The molecule has 5 aliphatic rings. The number of rotatable bonds is 0. The average Bonchev–Trinajstić information content (AvgIpc) is 3.06. The van der Waals surface area contributed by atoms with E-state index < -0.39 is 0 Å². The van der Waals surface area contributed by atoms with Crippen molar-refractivity contribution in [3.63, 3.8) is 0 Å². The summed E-state index contributed by atoms with van der Waals surface area (Å²) in [5, 5.41) is 0. The second-order valence-corrected chi connectivity index (χ2v) is 7.57. The number of fused-ring (bicyclic) bond motifs is 12. The number of allylic oxidation sites excluding steroid dienone is 2. The fourth-order valence-electron chi connectivity index (χ4n) is 6.94. The molecule has 0 spiro atoms. The molecule has 4 saturated carbocycles. The van der Waals surface area contributed by atoms with Gasteiger partial charge in [0.1, 0.15) is 0 Å². The summed E-state index contributed by atoms with van der Waals surface area (Å²) in [6.07, 6.45) is 12.3. The standard InChI is InChI=1S/C16H21B/c17-10-3-4-11-12(6-10)14-7-13(11)15-8-1-2-9(5-8)16(14)15/h1-2,8-16H,3-7H2. The minimum atomic E-state index is 0.531. The van der Waals surface area contributed by atoms with E-state index in [0.717, 1.165) is 47.3 Å². The molecule has 0 aromatic heterocycles. The predicted molar refractivity (Wildman–Crippen MR) is 69.6 cm³/mol. The highest BCUT2D eigenvalue weighted by Gasteiger charge is 2.64. The summed E-state index contributed by atoms with van der Waals surface area (Å²) in [4.78, 5) is 0. The van der Waals surface area contributed by atoms with Gasteiger partial charge in [0.05, 0.1) is 7.85 Å². The van der Waals surface area contributed by atoms with Crippen molar-refractivity contribution < 1.29 is 0 Å². The molecule has 0 heterocycles. The molecular formula is C16H21B. The molecule has 0 saturated heterocycles. The molecule has 5 aliphatic carbocycles. The van der Waals surface area contributed by atoms with Crippen molar-refractivity contribution in [1.29, 1.82) is 0 Å². The van der Waals surface area contributed by atoms with Gasteiger partial charge in [-0.1, -0.05) is 37.2 Å². The Hall–Kier alpha value is -0.195. The summed E-state index contributed by atoms with van der Waals surface area (Å²) >= 11 is 0. The second kappa shape index (κ2) is 3.03. The maximum Gasteiger partial charge on any atom is 0.0699 e. The van der Waals surface area contributed by atoms with Crippen LogP contribution in [0.2, 0.25) is 5.82 Å². The van der Waals surface area contributed by atoms with Crippen molar-refractivity contribution in [1.82, 2.24) is 0 Å². The first kappa shape index (κ1) is 9.70. The molecule has 9 atom stereocenters. The van der Waals surface area contributed by atoms with E-state index in [9.17, 15) is 0 Å². The van der Waals surface area contributed by atoms with Crippen LogP contribution < -0.4 is 0 Å². The lowest BCUT2D eigenvalue weighted by Crippen LogP contribution is -2.39. The Morgan fingerprint density at radius 2 is 1.41 bits per heavy atom. The van der Waals surface area contributed by atoms with Gasteiger partial charge in [0, 0.05) is 0 Å². The first-order valence-electron chi connectivity index (χ1n) is 7.77. The van der Waals surface area contributed by atoms with Crippen LogP contribution in [0.4, 0.5) is 0 Å². The van der Waals surface area contributed by atoms with Crippen LogP contribution in [0, 0.1) is 47.3 Å². The second-order valence-electron chi connectivity index (χ2n) is 7.57. The number of hydrogen-bond donors (Lipinski definition) is 0. The maximum atomic E-state index is 6.22.